The molecule has 2 aromatic heterocycles. The molecule has 10 nitrogen and oxygen atoms in total. The highest BCUT2D eigenvalue weighted by Gasteiger charge is 2.20. The van der Waals surface area contributed by atoms with E-state index in [1.807, 2.05) is 36.4 Å². The van der Waals surface area contributed by atoms with Crippen molar-refractivity contribution in [3.05, 3.63) is 47.2 Å². The molecule has 2 saturated heterocycles. The van der Waals surface area contributed by atoms with Gasteiger partial charge in [0, 0.05) is 31.7 Å². The summed E-state index contributed by atoms with van der Waals surface area (Å²) < 4.78 is 16.8. The average molecular weight is 470 g/mol. The first kappa shape index (κ1) is 21.6. The first-order chi connectivity index (χ1) is 16.3. The fourth-order valence-electron chi connectivity index (χ4n) is 3.60. The number of halogens is 1. The number of morpholine rings is 2. The van der Waals surface area contributed by atoms with Crippen molar-refractivity contribution >= 4 is 35.7 Å². The maximum atomic E-state index is 6.26. The Morgan fingerprint density at radius 1 is 0.848 bits per heavy atom. The summed E-state index contributed by atoms with van der Waals surface area (Å²) in [5.41, 5.74) is 3.75. The molecule has 0 atom stereocenters. The van der Waals surface area contributed by atoms with E-state index in [1.165, 1.54) is 0 Å². The van der Waals surface area contributed by atoms with E-state index in [2.05, 4.69) is 35.3 Å². The molecular formula is C22H24ClN7O3. The van der Waals surface area contributed by atoms with Crippen LogP contribution >= 0.6 is 11.6 Å². The van der Waals surface area contributed by atoms with E-state index < -0.39 is 0 Å². The third-order valence-electron chi connectivity index (χ3n) is 5.32. The van der Waals surface area contributed by atoms with Crippen molar-refractivity contribution in [1.82, 2.24) is 15.0 Å². The number of hydrogen-bond donors (Lipinski definition) is 1. The number of nitrogens with one attached hydrogen (secondary N) is 1. The molecule has 33 heavy (non-hydrogen) atoms. The summed E-state index contributed by atoms with van der Waals surface area (Å²) >= 11 is 6.26. The van der Waals surface area contributed by atoms with Crippen LogP contribution < -0.4 is 15.2 Å². The lowest BCUT2D eigenvalue weighted by atomic mass is 10.2. The van der Waals surface area contributed by atoms with Gasteiger partial charge >= 0.3 is 0 Å². The van der Waals surface area contributed by atoms with Crippen LogP contribution in [0.3, 0.4) is 0 Å². The minimum absolute atomic E-state index is 0.363. The maximum Gasteiger partial charge on any atom is 0.250 e. The van der Waals surface area contributed by atoms with Crippen LogP contribution in [0.4, 0.5) is 17.8 Å². The van der Waals surface area contributed by atoms with Crippen LogP contribution in [0.5, 0.6) is 0 Å². The van der Waals surface area contributed by atoms with Crippen LogP contribution in [0, 0.1) is 0 Å². The van der Waals surface area contributed by atoms with Crippen LogP contribution in [0.2, 0.25) is 5.02 Å². The maximum absolute atomic E-state index is 6.26. The van der Waals surface area contributed by atoms with Crippen molar-refractivity contribution in [2.24, 2.45) is 5.10 Å². The van der Waals surface area contributed by atoms with Gasteiger partial charge in [-0.1, -0.05) is 23.7 Å². The van der Waals surface area contributed by atoms with Gasteiger partial charge in [0.25, 0.3) is 0 Å². The zero-order chi connectivity index (χ0) is 22.5. The highest BCUT2D eigenvalue weighted by atomic mass is 35.5. The average Bonchev–Trinajstić information content (AvgIpc) is 3.34. The lowest BCUT2D eigenvalue weighted by Gasteiger charge is -2.30. The fourth-order valence-corrected chi connectivity index (χ4v) is 3.82. The number of ether oxygens (including phenoxy) is 2. The normalized spacial score (nSPS) is 17.0. The summed E-state index contributed by atoms with van der Waals surface area (Å²) in [6, 6.07) is 11.2. The van der Waals surface area contributed by atoms with Crippen LogP contribution in [0.25, 0.3) is 11.3 Å². The number of furan rings is 1. The van der Waals surface area contributed by atoms with Gasteiger partial charge in [0.1, 0.15) is 11.5 Å². The molecule has 4 heterocycles. The number of anilines is 3. The molecule has 2 aliphatic rings. The molecule has 0 spiro atoms. The molecule has 0 unspecified atom stereocenters. The van der Waals surface area contributed by atoms with Crippen LogP contribution in [0.1, 0.15) is 5.76 Å². The van der Waals surface area contributed by atoms with Crippen LogP contribution in [-0.2, 0) is 9.47 Å². The Hall–Kier alpha value is -3.21. The quantitative estimate of drug-likeness (QED) is 0.431. The number of aromatic nitrogens is 3. The van der Waals surface area contributed by atoms with E-state index in [9.17, 15) is 0 Å². The van der Waals surface area contributed by atoms with Crippen molar-refractivity contribution in [3.8, 4) is 11.3 Å². The van der Waals surface area contributed by atoms with Gasteiger partial charge in [-0.05, 0) is 24.3 Å². The van der Waals surface area contributed by atoms with E-state index >= 15 is 0 Å². The Balaban J connectivity index is 1.34. The van der Waals surface area contributed by atoms with Crippen molar-refractivity contribution in [2.45, 2.75) is 0 Å². The van der Waals surface area contributed by atoms with Crippen molar-refractivity contribution in [2.75, 3.05) is 67.8 Å². The molecule has 0 saturated carbocycles. The van der Waals surface area contributed by atoms with Crippen molar-refractivity contribution in [3.63, 3.8) is 0 Å². The van der Waals surface area contributed by atoms with Gasteiger partial charge in [0.05, 0.1) is 37.7 Å². The minimum Gasteiger partial charge on any atom is -0.455 e. The Kier molecular flexibility index (Phi) is 6.66. The third kappa shape index (κ3) is 5.24. The summed E-state index contributed by atoms with van der Waals surface area (Å²) in [5, 5.41) is 4.90. The monoisotopic (exact) mass is 469 g/mol. The molecular weight excluding hydrogens is 446 g/mol. The first-order valence-electron chi connectivity index (χ1n) is 10.8. The first-order valence-corrected chi connectivity index (χ1v) is 11.2. The zero-order valence-electron chi connectivity index (χ0n) is 18.0. The summed E-state index contributed by atoms with van der Waals surface area (Å²) in [4.78, 5) is 18.0. The molecule has 172 valence electrons. The second-order valence-corrected chi connectivity index (χ2v) is 7.92. The van der Waals surface area contributed by atoms with E-state index in [0.717, 1.165) is 31.7 Å². The van der Waals surface area contributed by atoms with E-state index in [0.29, 0.717) is 60.8 Å². The highest BCUT2D eigenvalue weighted by molar-refractivity contribution is 6.33. The third-order valence-corrected chi connectivity index (χ3v) is 5.65. The SMILES string of the molecule is Clc1ccccc1-c1ccc(/C=N/Nc2nc(N3CCOCC3)nc(N3CCOCC3)n2)o1. The summed E-state index contributed by atoms with van der Waals surface area (Å²) in [6.07, 6.45) is 1.58. The lowest BCUT2D eigenvalue weighted by molar-refractivity contribution is 0.121. The number of rotatable bonds is 6. The standard InChI is InChI=1S/C22H24ClN7O3/c23-18-4-2-1-3-17(18)19-6-5-16(33-19)15-24-28-20-25-21(29-7-11-31-12-8-29)27-22(26-20)30-9-13-32-14-10-30/h1-6,15H,7-14H2,(H,25,26,27,28)/b24-15+. The zero-order valence-corrected chi connectivity index (χ0v) is 18.7. The smallest absolute Gasteiger partial charge is 0.250 e. The molecule has 2 aliphatic heterocycles. The van der Waals surface area contributed by atoms with E-state index in [1.54, 1.807) is 6.21 Å². The van der Waals surface area contributed by atoms with Gasteiger partial charge in [0.2, 0.25) is 17.8 Å². The molecule has 5 rings (SSSR count). The van der Waals surface area contributed by atoms with E-state index in [4.69, 9.17) is 25.5 Å². The Morgan fingerprint density at radius 3 is 2.12 bits per heavy atom. The van der Waals surface area contributed by atoms with Gasteiger partial charge in [-0.2, -0.15) is 20.1 Å². The van der Waals surface area contributed by atoms with Gasteiger partial charge in [-0.3, -0.25) is 0 Å². The number of hydrazone groups is 1. The second-order valence-electron chi connectivity index (χ2n) is 7.51. The topological polar surface area (TPSA) is 101 Å². The van der Waals surface area contributed by atoms with Crippen LogP contribution in [-0.4, -0.2) is 73.8 Å². The Morgan fingerprint density at radius 2 is 1.48 bits per heavy atom. The van der Waals surface area contributed by atoms with Gasteiger partial charge in [-0.15, -0.1) is 0 Å². The van der Waals surface area contributed by atoms with Gasteiger partial charge in [-0.25, -0.2) is 5.43 Å². The molecule has 1 aromatic carbocycles. The Labute approximate surface area is 196 Å². The lowest BCUT2D eigenvalue weighted by Crippen LogP contribution is -2.40. The molecule has 3 aromatic rings. The predicted octanol–water partition coefficient (Wildman–Crippen LogP) is 2.90. The Bertz CT molecular complexity index is 1070. The summed E-state index contributed by atoms with van der Waals surface area (Å²) in [5.74, 6) is 2.82. The number of nitrogens with zero attached hydrogens (tertiary/aromatic N) is 6. The molecule has 0 bridgehead atoms. The molecule has 2 fully saturated rings. The van der Waals surface area contributed by atoms with Gasteiger partial charge in [0.15, 0.2) is 0 Å². The molecule has 0 radical (unpaired) electrons. The summed E-state index contributed by atoms with van der Waals surface area (Å²) in [6.45, 7) is 5.49. The van der Waals surface area contributed by atoms with Crippen LogP contribution in [0.15, 0.2) is 45.9 Å². The summed E-state index contributed by atoms with van der Waals surface area (Å²) in [7, 11) is 0. The fraction of sp³-hybridized carbons (Fsp3) is 0.364. The van der Waals surface area contributed by atoms with Crippen molar-refractivity contribution in [1.29, 1.82) is 0 Å². The number of hydrogen-bond acceptors (Lipinski definition) is 10. The molecule has 1 N–H and O–H groups in total. The van der Waals surface area contributed by atoms with Crippen molar-refractivity contribution < 1.29 is 13.9 Å². The van der Waals surface area contributed by atoms with E-state index in [-0.39, 0.29) is 0 Å². The molecule has 11 heteroatoms. The minimum atomic E-state index is 0.363. The molecule has 0 aliphatic carbocycles. The highest BCUT2D eigenvalue weighted by Crippen LogP contribution is 2.28. The number of benzene rings is 1. The second kappa shape index (κ2) is 10.2. The largest absolute Gasteiger partial charge is 0.455 e. The molecule has 0 amide bonds. The predicted molar refractivity (Wildman–Crippen MR) is 126 cm³/mol. The van der Waals surface area contributed by atoms with Gasteiger partial charge < -0.3 is 23.7 Å².